The van der Waals surface area contributed by atoms with Gasteiger partial charge in [-0.25, -0.2) is 4.79 Å². The highest BCUT2D eigenvalue weighted by atomic mass is 32.2. The van der Waals surface area contributed by atoms with E-state index in [4.69, 9.17) is 5.11 Å². The summed E-state index contributed by atoms with van der Waals surface area (Å²) in [4.78, 5) is 24.4. The molecule has 1 fully saturated rings. The number of amides is 2. The van der Waals surface area contributed by atoms with E-state index in [-0.39, 0.29) is 24.5 Å². The van der Waals surface area contributed by atoms with E-state index >= 15 is 0 Å². The van der Waals surface area contributed by atoms with E-state index in [1.165, 1.54) is 0 Å². The van der Waals surface area contributed by atoms with Crippen LogP contribution in [0.2, 0.25) is 0 Å². The molecule has 0 saturated heterocycles. The second-order valence-corrected chi connectivity index (χ2v) is 5.49. The van der Waals surface area contributed by atoms with Crippen molar-refractivity contribution in [3.05, 3.63) is 0 Å². The minimum absolute atomic E-state index is 0.0171. The number of carboxylic acids is 1. The first kappa shape index (κ1) is 15.1. The highest BCUT2D eigenvalue weighted by molar-refractivity contribution is 7.98. The zero-order valence-electron chi connectivity index (χ0n) is 11.0. The van der Waals surface area contributed by atoms with Crippen molar-refractivity contribution < 1.29 is 14.7 Å². The lowest BCUT2D eigenvalue weighted by molar-refractivity contribution is -0.137. The van der Waals surface area contributed by atoms with Gasteiger partial charge in [0.1, 0.15) is 0 Å². The number of thioether (sulfide) groups is 1. The Hall–Kier alpha value is -0.910. The van der Waals surface area contributed by atoms with E-state index in [9.17, 15) is 9.59 Å². The predicted molar refractivity (Wildman–Crippen MR) is 73.0 cm³/mol. The van der Waals surface area contributed by atoms with Crippen LogP contribution in [0.5, 0.6) is 0 Å². The smallest absolute Gasteiger partial charge is 0.317 e. The number of carbonyl (C=O) groups is 2. The van der Waals surface area contributed by atoms with Crippen molar-refractivity contribution in [3.63, 3.8) is 0 Å². The van der Waals surface area contributed by atoms with Crippen LogP contribution in [0.4, 0.5) is 4.79 Å². The van der Waals surface area contributed by atoms with Gasteiger partial charge in [0.25, 0.3) is 0 Å². The van der Waals surface area contributed by atoms with Crippen molar-refractivity contribution >= 4 is 23.8 Å². The van der Waals surface area contributed by atoms with Gasteiger partial charge < -0.3 is 15.3 Å². The third-order valence-corrected chi connectivity index (χ3v) is 3.74. The van der Waals surface area contributed by atoms with Crippen LogP contribution in [0, 0.1) is 0 Å². The highest BCUT2D eigenvalue weighted by Gasteiger charge is 2.33. The van der Waals surface area contributed by atoms with Gasteiger partial charge in [0.05, 0.1) is 6.42 Å². The number of hydrogen-bond acceptors (Lipinski definition) is 3. The molecule has 104 valence electrons. The normalized spacial score (nSPS) is 16.1. The van der Waals surface area contributed by atoms with E-state index in [1.807, 2.05) is 13.2 Å². The van der Waals surface area contributed by atoms with Crippen LogP contribution in [0.15, 0.2) is 0 Å². The molecule has 1 atom stereocenters. The molecule has 0 radical (unpaired) electrons. The highest BCUT2D eigenvalue weighted by Crippen LogP contribution is 2.27. The summed E-state index contributed by atoms with van der Waals surface area (Å²) in [6, 6.07) is 0.300. The summed E-state index contributed by atoms with van der Waals surface area (Å²) in [7, 11) is 0. The van der Waals surface area contributed by atoms with E-state index in [2.05, 4.69) is 5.32 Å². The maximum absolute atomic E-state index is 12.1. The minimum atomic E-state index is -0.857. The van der Waals surface area contributed by atoms with Gasteiger partial charge in [0, 0.05) is 24.4 Å². The largest absolute Gasteiger partial charge is 0.481 e. The van der Waals surface area contributed by atoms with Gasteiger partial charge in [-0.3, -0.25) is 4.79 Å². The van der Waals surface area contributed by atoms with Crippen LogP contribution in [-0.4, -0.2) is 52.6 Å². The molecule has 2 N–H and O–H groups in total. The van der Waals surface area contributed by atoms with Crippen LogP contribution in [0.25, 0.3) is 0 Å². The lowest BCUT2D eigenvalue weighted by Gasteiger charge is -2.25. The lowest BCUT2D eigenvalue weighted by atomic mass is 10.2. The van der Waals surface area contributed by atoms with Gasteiger partial charge in [-0.1, -0.05) is 6.92 Å². The fourth-order valence-electron chi connectivity index (χ4n) is 1.77. The van der Waals surface area contributed by atoms with E-state index in [1.54, 1.807) is 16.7 Å². The number of carboxylic acid groups (broad SMARTS) is 1. The molecule has 1 aliphatic rings. The maximum atomic E-state index is 12.1. The van der Waals surface area contributed by atoms with Gasteiger partial charge in [-0.15, -0.1) is 0 Å². The molecule has 5 nitrogen and oxygen atoms in total. The van der Waals surface area contributed by atoms with Crippen molar-refractivity contribution in [2.24, 2.45) is 0 Å². The Morgan fingerprint density at radius 1 is 1.50 bits per heavy atom. The Balaban J connectivity index is 2.45. The molecule has 0 aliphatic heterocycles. The first-order chi connectivity index (χ1) is 8.58. The molecule has 1 rings (SSSR count). The summed E-state index contributed by atoms with van der Waals surface area (Å²) in [5, 5.41) is 11.7. The fourth-order valence-corrected chi connectivity index (χ4v) is 2.49. The molecule has 1 saturated carbocycles. The standard InChI is InChI=1S/C12H22N2O3S/c1-3-9(8-18-2)13-12(17)14(10-4-5-10)7-6-11(15)16/h9-10H,3-8H2,1-2H3,(H,13,17)(H,15,16). The molecule has 0 aromatic carbocycles. The Kier molecular flexibility index (Phi) is 6.32. The zero-order valence-corrected chi connectivity index (χ0v) is 11.8. The van der Waals surface area contributed by atoms with Crippen LogP contribution in [-0.2, 0) is 4.79 Å². The molecule has 6 heteroatoms. The number of rotatable bonds is 8. The number of nitrogens with one attached hydrogen (secondary N) is 1. The zero-order chi connectivity index (χ0) is 13.5. The Bertz CT molecular complexity index is 295. The quantitative estimate of drug-likeness (QED) is 0.708. The molecule has 1 aliphatic carbocycles. The lowest BCUT2D eigenvalue weighted by Crippen LogP contribution is -2.47. The summed E-state index contributed by atoms with van der Waals surface area (Å²) in [6.45, 7) is 2.35. The summed E-state index contributed by atoms with van der Waals surface area (Å²) >= 11 is 1.70. The molecule has 0 aromatic heterocycles. The van der Waals surface area contributed by atoms with Crippen molar-refractivity contribution in [1.29, 1.82) is 0 Å². The maximum Gasteiger partial charge on any atom is 0.317 e. The third-order valence-electron chi connectivity index (χ3n) is 3.00. The molecular weight excluding hydrogens is 252 g/mol. The molecule has 18 heavy (non-hydrogen) atoms. The topological polar surface area (TPSA) is 69.6 Å². The molecule has 0 bridgehead atoms. The number of hydrogen-bond donors (Lipinski definition) is 2. The average molecular weight is 274 g/mol. The second kappa shape index (κ2) is 7.51. The van der Waals surface area contributed by atoms with E-state index < -0.39 is 5.97 Å². The summed E-state index contributed by atoms with van der Waals surface area (Å²) in [6.07, 6.45) is 4.91. The summed E-state index contributed by atoms with van der Waals surface area (Å²) in [5.41, 5.74) is 0. The van der Waals surface area contributed by atoms with E-state index in [0.717, 1.165) is 25.0 Å². The third kappa shape index (κ3) is 5.16. The van der Waals surface area contributed by atoms with Crippen molar-refractivity contribution in [1.82, 2.24) is 10.2 Å². The molecule has 0 heterocycles. The van der Waals surface area contributed by atoms with E-state index in [0.29, 0.717) is 6.54 Å². The van der Waals surface area contributed by atoms with Crippen molar-refractivity contribution in [3.8, 4) is 0 Å². The van der Waals surface area contributed by atoms with Gasteiger partial charge >= 0.3 is 12.0 Å². The number of aliphatic carboxylic acids is 1. The number of carbonyl (C=O) groups excluding carboxylic acids is 1. The van der Waals surface area contributed by atoms with Gasteiger partial charge in [0.2, 0.25) is 0 Å². The first-order valence-electron chi connectivity index (χ1n) is 6.36. The Morgan fingerprint density at radius 3 is 2.61 bits per heavy atom. The first-order valence-corrected chi connectivity index (χ1v) is 7.75. The minimum Gasteiger partial charge on any atom is -0.481 e. The SMILES string of the molecule is CCC(CSC)NC(=O)N(CCC(=O)O)C1CC1. The van der Waals surface area contributed by atoms with Crippen molar-refractivity contribution in [2.75, 3.05) is 18.6 Å². The molecule has 0 aromatic rings. The Morgan fingerprint density at radius 2 is 2.17 bits per heavy atom. The Labute approximate surface area is 112 Å². The molecule has 1 unspecified atom stereocenters. The fraction of sp³-hybridized carbons (Fsp3) is 0.833. The average Bonchev–Trinajstić information content (AvgIpc) is 3.12. The summed E-state index contributed by atoms with van der Waals surface area (Å²) < 4.78 is 0. The summed E-state index contributed by atoms with van der Waals surface area (Å²) in [5.74, 6) is 0.0317. The van der Waals surface area contributed by atoms with Crippen LogP contribution >= 0.6 is 11.8 Å². The van der Waals surface area contributed by atoms with Gasteiger partial charge in [-0.05, 0) is 25.5 Å². The van der Waals surface area contributed by atoms with Crippen LogP contribution < -0.4 is 5.32 Å². The predicted octanol–water partition coefficient (Wildman–Crippen LogP) is 1.78. The van der Waals surface area contributed by atoms with Gasteiger partial charge in [-0.2, -0.15) is 11.8 Å². The molecule has 0 spiro atoms. The molecule has 2 amide bonds. The van der Waals surface area contributed by atoms with Crippen molar-refractivity contribution in [2.45, 2.75) is 44.7 Å². The van der Waals surface area contributed by atoms with Gasteiger partial charge in [0.15, 0.2) is 0 Å². The van der Waals surface area contributed by atoms with Crippen LogP contribution in [0.1, 0.15) is 32.6 Å². The monoisotopic (exact) mass is 274 g/mol. The van der Waals surface area contributed by atoms with Crippen LogP contribution in [0.3, 0.4) is 0 Å². The number of urea groups is 1. The number of nitrogens with zero attached hydrogens (tertiary/aromatic N) is 1. The molecular formula is C12H22N2O3S. The second-order valence-electron chi connectivity index (χ2n) is 4.58.